The Morgan fingerprint density at radius 1 is 1.62 bits per heavy atom. The maximum absolute atomic E-state index is 13.2. The van der Waals surface area contributed by atoms with Crippen LogP contribution in [0.5, 0.6) is 0 Å². The molecule has 1 aromatic rings. The summed E-state index contributed by atoms with van der Waals surface area (Å²) in [6, 6.07) is 4.12. The predicted octanol–water partition coefficient (Wildman–Crippen LogP) is 1.95. The van der Waals surface area contributed by atoms with Gasteiger partial charge in [0.2, 0.25) is 5.91 Å². The highest BCUT2D eigenvalue weighted by Gasteiger charge is 2.32. The highest BCUT2D eigenvalue weighted by Crippen LogP contribution is 2.29. The fraction of sp³-hybridized carbons (Fsp3) is 0.533. The van der Waals surface area contributed by atoms with Crippen LogP contribution in [0.1, 0.15) is 25.5 Å². The van der Waals surface area contributed by atoms with Crippen LogP contribution in [0.3, 0.4) is 0 Å². The number of piperazine rings is 1. The van der Waals surface area contributed by atoms with Crippen molar-refractivity contribution >= 4 is 17.5 Å². The number of hydrogen-bond donors (Lipinski definition) is 2. The van der Waals surface area contributed by atoms with Crippen molar-refractivity contribution in [1.29, 1.82) is 0 Å². The Labute approximate surface area is 129 Å². The number of carbonyl (C=O) groups is 1. The molecule has 0 aromatic heterocycles. The number of carbonyl (C=O) groups excluding carboxylic acids is 1. The predicted molar refractivity (Wildman–Crippen MR) is 81.9 cm³/mol. The second kappa shape index (κ2) is 7.20. The van der Waals surface area contributed by atoms with Crippen LogP contribution in [0, 0.1) is 5.82 Å². The van der Waals surface area contributed by atoms with Crippen molar-refractivity contribution in [3.63, 3.8) is 0 Å². The molecule has 0 saturated carbocycles. The van der Waals surface area contributed by atoms with Gasteiger partial charge in [0.15, 0.2) is 0 Å². The van der Waals surface area contributed by atoms with Crippen LogP contribution < -0.4 is 10.6 Å². The van der Waals surface area contributed by atoms with Gasteiger partial charge in [0.05, 0.1) is 0 Å². The van der Waals surface area contributed by atoms with Gasteiger partial charge in [-0.25, -0.2) is 4.39 Å². The van der Waals surface area contributed by atoms with E-state index in [1.54, 1.807) is 6.07 Å². The molecular weight excluding hydrogens is 293 g/mol. The van der Waals surface area contributed by atoms with Gasteiger partial charge in [-0.3, -0.25) is 9.69 Å². The Bertz CT molecular complexity index is 512. The molecule has 0 spiro atoms. The Morgan fingerprint density at radius 2 is 2.38 bits per heavy atom. The van der Waals surface area contributed by atoms with Crippen molar-refractivity contribution in [3.05, 3.63) is 34.6 Å². The minimum absolute atomic E-state index is 0.00906. The van der Waals surface area contributed by atoms with Crippen LogP contribution in [0.2, 0.25) is 5.02 Å². The standard InChI is InChI=1S/C15H21ClFN3O/c1-3-19-15(21)14-9-18-6-7-20(14)10(2)12-5-4-11(17)8-13(12)16/h4-5,8,10,14,18H,3,6-7,9H2,1-2H3,(H,19,21). The first kappa shape index (κ1) is 16.2. The fourth-order valence-electron chi connectivity index (χ4n) is 2.74. The number of benzene rings is 1. The molecule has 2 rings (SSSR count). The molecule has 21 heavy (non-hydrogen) atoms. The highest BCUT2D eigenvalue weighted by atomic mass is 35.5. The van der Waals surface area contributed by atoms with Gasteiger partial charge < -0.3 is 10.6 Å². The second-order valence-corrected chi connectivity index (χ2v) is 5.60. The van der Waals surface area contributed by atoms with Gasteiger partial charge in [0, 0.05) is 37.2 Å². The first-order valence-corrected chi connectivity index (χ1v) is 7.61. The summed E-state index contributed by atoms with van der Waals surface area (Å²) in [4.78, 5) is 14.3. The monoisotopic (exact) mass is 313 g/mol. The molecule has 1 aliphatic rings. The van der Waals surface area contributed by atoms with Crippen molar-refractivity contribution in [3.8, 4) is 0 Å². The Balaban J connectivity index is 2.21. The van der Waals surface area contributed by atoms with Crippen molar-refractivity contribution < 1.29 is 9.18 Å². The molecule has 1 amide bonds. The molecule has 6 heteroatoms. The van der Waals surface area contributed by atoms with Gasteiger partial charge in [-0.15, -0.1) is 0 Å². The van der Waals surface area contributed by atoms with Crippen LogP contribution in [-0.4, -0.2) is 43.0 Å². The molecule has 1 heterocycles. The maximum Gasteiger partial charge on any atom is 0.238 e. The van der Waals surface area contributed by atoms with E-state index in [0.717, 1.165) is 18.7 Å². The van der Waals surface area contributed by atoms with Crippen molar-refractivity contribution in [2.45, 2.75) is 25.9 Å². The summed E-state index contributed by atoms with van der Waals surface area (Å²) < 4.78 is 13.2. The third-order valence-electron chi connectivity index (χ3n) is 3.85. The van der Waals surface area contributed by atoms with Crippen molar-refractivity contribution in [2.24, 2.45) is 0 Å². The summed E-state index contributed by atoms with van der Waals surface area (Å²) in [7, 11) is 0. The van der Waals surface area contributed by atoms with Crippen LogP contribution in [0.4, 0.5) is 4.39 Å². The molecule has 2 N–H and O–H groups in total. The lowest BCUT2D eigenvalue weighted by atomic mass is 10.0. The van der Waals surface area contributed by atoms with E-state index in [0.29, 0.717) is 18.1 Å². The lowest BCUT2D eigenvalue weighted by Gasteiger charge is -2.39. The topological polar surface area (TPSA) is 44.4 Å². The molecule has 0 aliphatic carbocycles. The average molecular weight is 314 g/mol. The molecular formula is C15H21ClFN3O. The Hall–Kier alpha value is -1.17. The summed E-state index contributed by atoms with van der Waals surface area (Å²) in [5.74, 6) is -0.341. The lowest BCUT2D eigenvalue weighted by molar-refractivity contribution is -0.128. The summed E-state index contributed by atoms with van der Waals surface area (Å²) in [6.07, 6.45) is 0. The van der Waals surface area contributed by atoms with Crippen LogP contribution in [0.25, 0.3) is 0 Å². The molecule has 0 bridgehead atoms. The number of rotatable bonds is 4. The number of amides is 1. The third-order valence-corrected chi connectivity index (χ3v) is 4.18. The van der Waals surface area contributed by atoms with Gasteiger partial charge in [0.1, 0.15) is 11.9 Å². The third kappa shape index (κ3) is 3.73. The van der Waals surface area contributed by atoms with Gasteiger partial charge in [0.25, 0.3) is 0 Å². The van der Waals surface area contributed by atoms with E-state index in [4.69, 9.17) is 11.6 Å². The average Bonchev–Trinajstić information content (AvgIpc) is 2.47. The minimum Gasteiger partial charge on any atom is -0.355 e. The number of nitrogens with one attached hydrogen (secondary N) is 2. The molecule has 1 aliphatic heterocycles. The SMILES string of the molecule is CCNC(=O)C1CNCCN1C(C)c1ccc(F)cc1Cl. The zero-order chi connectivity index (χ0) is 15.4. The number of hydrogen-bond acceptors (Lipinski definition) is 3. The Kier molecular flexibility index (Phi) is 5.56. The zero-order valence-corrected chi connectivity index (χ0v) is 13.1. The maximum atomic E-state index is 13.2. The quantitative estimate of drug-likeness (QED) is 0.893. The fourth-order valence-corrected chi connectivity index (χ4v) is 3.06. The summed E-state index contributed by atoms with van der Waals surface area (Å²) in [5, 5.41) is 6.50. The van der Waals surface area contributed by atoms with Gasteiger partial charge in [-0.2, -0.15) is 0 Å². The number of likely N-dealkylation sites (N-methyl/N-ethyl adjacent to an activating group) is 1. The molecule has 1 aromatic carbocycles. The summed E-state index contributed by atoms with van der Waals surface area (Å²) in [6.45, 7) is 6.68. The number of halogens is 2. The van der Waals surface area contributed by atoms with E-state index >= 15 is 0 Å². The Morgan fingerprint density at radius 3 is 3.05 bits per heavy atom. The van der Waals surface area contributed by atoms with Gasteiger partial charge in [-0.1, -0.05) is 17.7 Å². The van der Waals surface area contributed by atoms with E-state index in [1.807, 2.05) is 13.8 Å². The molecule has 2 unspecified atom stereocenters. The van der Waals surface area contributed by atoms with E-state index in [2.05, 4.69) is 15.5 Å². The molecule has 0 radical (unpaired) electrons. The zero-order valence-electron chi connectivity index (χ0n) is 12.3. The largest absolute Gasteiger partial charge is 0.355 e. The summed E-state index contributed by atoms with van der Waals surface area (Å²) >= 11 is 6.15. The van der Waals surface area contributed by atoms with E-state index in [9.17, 15) is 9.18 Å². The van der Waals surface area contributed by atoms with Crippen molar-refractivity contribution in [2.75, 3.05) is 26.2 Å². The molecule has 116 valence electrons. The first-order chi connectivity index (χ1) is 10.0. The highest BCUT2D eigenvalue weighted by molar-refractivity contribution is 6.31. The van der Waals surface area contributed by atoms with E-state index in [1.165, 1.54) is 12.1 Å². The smallest absolute Gasteiger partial charge is 0.238 e. The van der Waals surface area contributed by atoms with E-state index in [-0.39, 0.29) is 23.8 Å². The van der Waals surface area contributed by atoms with Gasteiger partial charge in [-0.05, 0) is 31.5 Å². The van der Waals surface area contributed by atoms with Crippen LogP contribution in [0.15, 0.2) is 18.2 Å². The van der Waals surface area contributed by atoms with Crippen LogP contribution in [-0.2, 0) is 4.79 Å². The van der Waals surface area contributed by atoms with Crippen molar-refractivity contribution in [1.82, 2.24) is 15.5 Å². The van der Waals surface area contributed by atoms with Crippen LogP contribution >= 0.6 is 11.6 Å². The molecule has 1 saturated heterocycles. The van der Waals surface area contributed by atoms with Gasteiger partial charge >= 0.3 is 0 Å². The molecule has 2 atom stereocenters. The molecule has 1 fully saturated rings. The number of nitrogens with zero attached hydrogens (tertiary/aromatic N) is 1. The molecule has 4 nitrogen and oxygen atoms in total. The first-order valence-electron chi connectivity index (χ1n) is 7.23. The minimum atomic E-state index is -0.350. The normalized spacial score (nSPS) is 21.0. The second-order valence-electron chi connectivity index (χ2n) is 5.19. The lowest BCUT2D eigenvalue weighted by Crippen LogP contribution is -2.58. The van der Waals surface area contributed by atoms with E-state index < -0.39 is 0 Å². The summed E-state index contributed by atoms with van der Waals surface area (Å²) in [5.41, 5.74) is 0.842.